The zero-order valence-corrected chi connectivity index (χ0v) is 13.7. The SMILES string of the molecule is COC(C(=O)N1CCCC1Cn1cc(C)cn1)c1ccccc1. The number of rotatable bonds is 5. The molecule has 2 heterocycles. The first-order chi connectivity index (χ1) is 11.2. The molecule has 2 unspecified atom stereocenters. The number of nitrogens with zero attached hydrogens (tertiary/aromatic N) is 3. The zero-order chi connectivity index (χ0) is 16.2. The molecule has 5 heteroatoms. The highest BCUT2D eigenvalue weighted by atomic mass is 16.5. The van der Waals surface area contributed by atoms with Gasteiger partial charge >= 0.3 is 0 Å². The molecular weight excluding hydrogens is 290 g/mol. The Morgan fingerprint density at radius 1 is 1.39 bits per heavy atom. The first-order valence-electron chi connectivity index (χ1n) is 8.06. The predicted molar refractivity (Wildman–Crippen MR) is 87.9 cm³/mol. The van der Waals surface area contributed by atoms with E-state index in [1.54, 1.807) is 7.11 Å². The predicted octanol–water partition coefficient (Wildman–Crippen LogP) is 2.57. The topological polar surface area (TPSA) is 47.4 Å². The van der Waals surface area contributed by atoms with Gasteiger partial charge in [-0.15, -0.1) is 0 Å². The second-order valence-corrected chi connectivity index (χ2v) is 6.09. The monoisotopic (exact) mass is 313 g/mol. The van der Waals surface area contributed by atoms with Crippen LogP contribution in [0.5, 0.6) is 0 Å². The molecule has 0 aliphatic carbocycles. The minimum Gasteiger partial charge on any atom is -0.367 e. The first kappa shape index (κ1) is 15.7. The Balaban J connectivity index is 1.74. The fourth-order valence-corrected chi connectivity index (χ4v) is 3.26. The summed E-state index contributed by atoms with van der Waals surface area (Å²) in [5.74, 6) is 0.0464. The van der Waals surface area contributed by atoms with Crippen molar-refractivity contribution in [1.82, 2.24) is 14.7 Å². The molecule has 1 aromatic heterocycles. The van der Waals surface area contributed by atoms with E-state index in [2.05, 4.69) is 5.10 Å². The Morgan fingerprint density at radius 3 is 2.83 bits per heavy atom. The van der Waals surface area contributed by atoms with Crippen molar-refractivity contribution in [2.75, 3.05) is 13.7 Å². The van der Waals surface area contributed by atoms with Gasteiger partial charge in [-0.2, -0.15) is 5.10 Å². The highest BCUT2D eigenvalue weighted by Gasteiger charge is 2.34. The van der Waals surface area contributed by atoms with Crippen LogP contribution in [-0.4, -0.2) is 40.3 Å². The van der Waals surface area contributed by atoms with Crippen molar-refractivity contribution in [2.45, 2.75) is 38.5 Å². The van der Waals surface area contributed by atoms with Gasteiger partial charge in [0.15, 0.2) is 6.10 Å². The molecule has 5 nitrogen and oxygen atoms in total. The van der Waals surface area contributed by atoms with Crippen LogP contribution in [0.25, 0.3) is 0 Å². The van der Waals surface area contributed by atoms with Crippen LogP contribution in [0.2, 0.25) is 0 Å². The fraction of sp³-hybridized carbons (Fsp3) is 0.444. The molecule has 1 amide bonds. The smallest absolute Gasteiger partial charge is 0.256 e. The molecule has 0 radical (unpaired) electrons. The third-order valence-electron chi connectivity index (χ3n) is 4.38. The number of hydrogen-bond donors (Lipinski definition) is 0. The van der Waals surface area contributed by atoms with Crippen molar-refractivity contribution in [1.29, 1.82) is 0 Å². The summed E-state index contributed by atoms with van der Waals surface area (Å²) in [6.07, 6.45) is 5.38. The standard InChI is InChI=1S/C18H23N3O2/c1-14-11-19-20(12-14)13-16-9-6-10-21(16)18(22)17(23-2)15-7-4-3-5-8-15/h3-5,7-8,11-12,16-17H,6,9-10,13H2,1-2H3. The molecular formula is C18H23N3O2. The molecule has 0 spiro atoms. The van der Waals surface area contributed by atoms with Gasteiger partial charge in [-0.1, -0.05) is 30.3 Å². The summed E-state index contributed by atoms with van der Waals surface area (Å²) in [4.78, 5) is 14.9. The van der Waals surface area contributed by atoms with E-state index in [4.69, 9.17) is 4.74 Å². The van der Waals surface area contributed by atoms with Crippen LogP contribution >= 0.6 is 0 Å². The second kappa shape index (κ2) is 6.96. The maximum Gasteiger partial charge on any atom is 0.256 e. The molecule has 0 N–H and O–H groups in total. The van der Waals surface area contributed by atoms with E-state index in [9.17, 15) is 4.79 Å². The van der Waals surface area contributed by atoms with Crippen LogP contribution in [0.15, 0.2) is 42.7 Å². The summed E-state index contributed by atoms with van der Waals surface area (Å²) < 4.78 is 7.43. The summed E-state index contributed by atoms with van der Waals surface area (Å²) in [6.45, 7) is 3.55. The molecule has 2 atom stereocenters. The van der Waals surface area contributed by atoms with E-state index in [1.807, 2.05) is 59.2 Å². The van der Waals surface area contributed by atoms with E-state index in [1.165, 1.54) is 0 Å². The number of hydrogen-bond acceptors (Lipinski definition) is 3. The summed E-state index contributed by atoms with van der Waals surface area (Å²) in [6, 6.07) is 9.87. The van der Waals surface area contributed by atoms with E-state index < -0.39 is 6.10 Å². The Labute approximate surface area is 136 Å². The van der Waals surface area contributed by atoms with Crippen LogP contribution in [0.4, 0.5) is 0 Å². The average molecular weight is 313 g/mol. The summed E-state index contributed by atoms with van der Waals surface area (Å²) in [5.41, 5.74) is 2.04. The lowest BCUT2D eigenvalue weighted by molar-refractivity contribution is -0.143. The quantitative estimate of drug-likeness (QED) is 0.852. The van der Waals surface area contributed by atoms with Gasteiger partial charge in [0.2, 0.25) is 0 Å². The van der Waals surface area contributed by atoms with Gasteiger partial charge in [-0.25, -0.2) is 0 Å². The number of aryl methyl sites for hydroxylation is 1. The van der Waals surface area contributed by atoms with Crippen LogP contribution in [0.1, 0.15) is 30.1 Å². The number of amides is 1. The molecule has 0 bridgehead atoms. The molecule has 1 fully saturated rings. The van der Waals surface area contributed by atoms with Crippen molar-refractivity contribution in [3.05, 3.63) is 53.9 Å². The Bertz CT molecular complexity index is 653. The molecule has 23 heavy (non-hydrogen) atoms. The number of ether oxygens (including phenoxy) is 1. The number of aromatic nitrogens is 2. The Kier molecular flexibility index (Phi) is 4.76. The average Bonchev–Trinajstić information content (AvgIpc) is 3.18. The molecule has 1 saturated heterocycles. The van der Waals surface area contributed by atoms with Gasteiger partial charge < -0.3 is 9.64 Å². The first-order valence-corrected chi connectivity index (χ1v) is 8.06. The van der Waals surface area contributed by atoms with Gasteiger partial charge in [-0.3, -0.25) is 9.48 Å². The van der Waals surface area contributed by atoms with Gasteiger partial charge in [0.05, 0.1) is 18.8 Å². The molecule has 122 valence electrons. The summed E-state index contributed by atoms with van der Waals surface area (Å²) >= 11 is 0. The van der Waals surface area contributed by atoms with Crippen LogP contribution in [-0.2, 0) is 16.1 Å². The lowest BCUT2D eigenvalue weighted by Gasteiger charge is -2.28. The summed E-state index contributed by atoms with van der Waals surface area (Å²) in [5, 5.41) is 4.34. The normalized spacial score (nSPS) is 19.0. The van der Waals surface area contributed by atoms with E-state index in [0.29, 0.717) is 0 Å². The van der Waals surface area contributed by atoms with Crippen LogP contribution in [0.3, 0.4) is 0 Å². The lowest BCUT2D eigenvalue weighted by Crippen LogP contribution is -2.41. The molecule has 1 aromatic carbocycles. The van der Waals surface area contributed by atoms with E-state index >= 15 is 0 Å². The Hall–Kier alpha value is -2.14. The number of likely N-dealkylation sites (tertiary alicyclic amines) is 1. The van der Waals surface area contributed by atoms with Crippen LogP contribution < -0.4 is 0 Å². The third kappa shape index (κ3) is 3.45. The van der Waals surface area contributed by atoms with Crippen molar-refractivity contribution >= 4 is 5.91 Å². The minimum atomic E-state index is -0.531. The molecule has 1 aliphatic rings. The summed E-state index contributed by atoms with van der Waals surface area (Å²) in [7, 11) is 1.59. The van der Waals surface area contributed by atoms with Crippen molar-refractivity contribution < 1.29 is 9.53 Å². The Morgan fingerprint density at radius 2 is 2.17 bits per heavy atom. The number of methoxy groups -OCH3 is 1. The molecule has 3 rings (SSSR count). The maximum absolute atomic E-state index is 13.0. The van der Waals surface area contributed by atoms with Gasteiger partial charge in [-0.05, 0) is 30.9 Å². The van der Waals surface area contributed by atoms with Gasteiger partial charge in [0.1, 0.15) is 0 Å². The van der Waals surface area contributed by atoms with Crippen molar-refractivity contribution in [3.63, 3.8) is 0 Å². The van der Waals surface area contributed by atoms with E-state index in [0.717, 1.165) is 37.1 Å². The van der Waals surface area contributed by atoms with Gasteiger partial charge in [0.25, 0.3) is 5.91 Å². The number of carbonyl (C=O) groups is 1. The molecule has 0 saturated carbocycles. The van der Waals surface area contributed by atoms with Gasteiger partial charge in [0, 0.05) is 19.9 Å². The maximum atomic E-state index is 13.0. The molecule has 1 aliphatic heterocycles. The molecule has 2 aromatic rings. The van der Waals surface area contributed by atoms with Crippen LogP contribution in [0, 0.1) is 6.92 Å². The highest BCUT2D eigenvalue weighted by Crippen LogP contribution is 2.26. The largest absolute Gasteiger partial charge is 0.367 e. The minimum absolute atomic E-state index is 0.0464. The lowest BCUT2D eigenvalue weighted by atomic mass is 10.1. The number of carbonyl (C=O) groups excluding carboxylic acids is 1. The van der Waals surface area contributed by atoms with Crippen molar-refractivity contribution in [3.8, 4) is 0 Å². The zero-order valence-electron chi connectivity index (χ0n) is 13.7. The fourth-order valence-electron chi connectivity index (χ4n) is 3.26. The van der Waals surface area contributed by atoms with E-state index in [-0.39, 0.29) is 11.9 Å². The highest BCUT2D eigenvalue weighted by molar-refractivity contribution is 5.82. The number of benzene rings is 1. The third-order valence-corrected chi connectivity index (χ3v) is 4.38. The van der Waals surface area contributed by atoms with Crippen molar-refractivity contribution in [2.24, 2.45) is 0 Å². The second-order valence-electron chi connectivity index (χ2n) is 6.09.